The van der Waals surface area contributed by atoms with Crippen molar-refractivity contribution in [2.24, 2.45) is 0 Å². The zero-order valence-corrected chi connectivity index (χ0v) is 14.5. The normalized spacial score (nSPS) is 16.2. The van der Waals surface area contributed by atoms with Crippen LogP contribution in [-0.4, -0.2) is 39.7 Å². The maximum Gasteiger partial charge on any atom is 0.254 e. The molecule has 0 saturated carbocycles. The molecule has 5 heteroatoms. The predicted molar refractivity (Wildman–Crippen MR) is 94.8 cm³/mol. The summed E-state index contributed by atoms with van der Waals surface area (Å²) in [6, 6.07) is 10.8. The molecule has 0 spiro atoms. The second-order valence-electron chi connectivity index (χ2n) is 6.47. The summed E-state index contributed by atoms with van der Waals surface area (Å²) in [7, 11) is 0. The molecule has 1 fully saturated rings. The molecule has 1 aliphatic rings. The van der Waals surface area contributed by atoms with E-state index >= 15 is 0 Å². The number of benzene rings is 1. The molecule has 0 unspecified atom stereocenters. The highest BCUT2D eigenvalue weighted by Crippen LogP contribution is 2.15. The summed E-state index contributed by atoms with van der Waals surface area (Å²) in [6.45, 7) is 7.80. The summed E-state index contributed by atoms with van der Waals surface area (Å²) in [6.07, 6.45) is 3.68. The first-order valence-corrected chi connectivity index (χ1v) is 8.77. The van der Waals surface area contributed by atoms with E-state index in [2.05, 4.69) is 39.6 Å². The van der Waals surface area contributed by atoms with Crippen molar-refractivity contribution < 1.29 is 4.79 Å². The second-order valence-corrected chi connectivity index (χ2v) is 6.47. The van der Waals surface area contributed by atoms with Gasteiger partial charge in [0, 0.05) is 37.9 Å². The summed E-state index contributed by atoms with van der Waals surface area (Å²) < 4.78 is 1.86. The average molecular weight is 326 g/mol. The van der Waals surface area contributed by atoms with E-state index in [-0.39, 0.29) is 11.9 Å². The monoisotopic (exact) mass is 326 g/mol. The lowest BCUT2D eigenvalue weighted by Crippen LogP contribution is -2.44. The molecule has 3 rings (SSSR count). The summed E-state index contributed by atoms with van der Waals surface area (Å²) in [5.41, 5.74) is 2.99. The SMILES string of the molecule is CCn1ncc(C(=O)NC2CCN(Cc3ccccc3)CC2)c1C. The van der Waals surface area contributed by atoms with E-state index in [1.54, 1.807) is 6.20 Å². The van der Waals surface area contributed by atoms with E-state index in [9.17, 15) is 4.79 Å². The van der Waals surface area contributed by atoms with Gasteiger partial charge in [0.15, 0.2) is 0 Å². The van der Waals surface area contributed by atoms with Gasteiger partial charge in [-0.15, -0.1) is 0 Å². The quantitative estimate of drug-likeness (QED) is 0.919. The average Bonchev–Trinajstić information content (AvgIpc) is 2.98. The molecule has 0 atom stereocenters. The van der Waals surface area contributed by atoms with Crippen LogP contribution in [0.3, 0.4) is 0 Å². The summed E-state index contributed by atoms with van der Waals surface area (Å²) >= 11 is 0. The minimum Gasteiger partial charge on any atom is -0.349 e. The minimum atomic E-state index is 0.00806. The molecule has 5 nitrogen and oxygen atoms in total. The topological polar surface area (TPSA) is 50.2 Å². The van der Waals surface area contributed by atoms with Gasteiger partial charge in [0.05, 0.1) is 11.8 Å². The highest BCUT2D eigenvalue weighted by Gasteiger charge is 2.22. The first kappa shape index (κ1) is 16.7. The molecule has 0 aliphatic carbocycles. The van der Waals surface area contributed by atoms with Crippen molar-refractivity contribution in [1.29, 1.82) is 0 Å². The van der Waals surface area contributed by atoms with Crippen molar-refractivity contribution in [2.45, 2.75) is 45.8 Å². The van der Waals surface area contributed by atoms with E-state index in [0.29, 0.717) is 5.56 Å². The van der Waals surface area contributed by atoms with Crippen LogP contribution in [0.4, 0.5) is 0 Å². The largest absolute Gasteiger partial charge is 0.349 e. The molecule has 1 saturated heterocycles. The lowest BCUT2D eigenvalue weighted by molar-refractivity contribution is 0.0908. The van der Waals surface area contributed by atoms with Gasteiger partial charge >= 0.3 is 0 Å². The molecular formula is C19H26N4O. The fourth-order valence-corrected chi connectivity index (χ4v) is 3.33. The molecule has 1 aromatic heterocycles. The Kier molecular flexibility index (Phi) is 5.30. The number of nitrogens with zero attached hydrogens (tertiary/aromatic N) is 3. The van der Waals surface area contributed by atoms with Gasteiger partial charge in [-0.05, 0) is 32.3 Å². The number of likely N-dealkylation sites (tertiary alicyclic amines) is 1. The van der Waals surface area contributed by atoms with Crippen molar-refractivity contribution >= 4 is 5.91 Å². The Morgan fingerprint density at radius 3 is 2.58 bits per heavy atom. The third-order valence-electron chi connectivity index (χ3n) is 4.82. The number of hydrogen-bond acceptors (Lipinski definition) is 3. The van der Waals surface area contributed by atoms with Crippen molar-refractivity contribution in [1.82, 2.24) is 20.0 Å². The van der Waals surface area contributed by atoms with Crippen LogP contribution in [0.1, 0.15) is 41.4 Å². The van der Waals surface area contributed by atoms with Gasteiger partial charge < -0.3 is 5.32 Å². The molecule has 0 radical (unpaired) electrons. The second kappa shape index (κ2) is 7.62. The molecule has 2 heterocycles. The summed E-state index contributed by atoms with van der Waals surface area (Å²) in [5.74, 6) is 0.00806. The van der Waals surface area contributed by atoms with E-state index in [0.717, 1.165) is 44.7 Å². The van der Waals surface area contributed by atoms with E-state index < -0.39 is 0 Å². The van der Waals surface area contributed by atoms with Crippen LogP contribution in [0.25, 0.3) is 0 Å². The molecule has 128 valence electrons. The number of amides is 1. The number of aromatic nitrogens is 2. The van der Waals surface area contributed by atoms with Gasteiger partial charge in [0.2, 0.25) is 0 Å². The van der Waals surface area contributed by atoms with Gasteiger partial charge in [-0.3, -0.25) is 14.4 Å². The number of rotatable bonds is 5. The van der Waals surface area contributed by atoms with Crippen LogP contribution in [-0.2, 0) is 13.1 Å². The number of piperidine rings is 1. The number of carbonyl (C=O) groups excluding carboxylic acids is 1. The smallest absolute Gasteiger partial charge is 0.254 e. The van der Waals surface area contributed by atoms with E-state index in [4.69, 9.17) is 0 Å². The van der Waals surface area contributed by atoms with Gasteiger partial charge in [-0.2, -0.15) is 5.10 Å². The summed E-state index contributed by atoms with van der Waals surface area (Å²) in [5, 5.41) is 7.43. The Hall–Kier alpha value is -2.14. The Labute approximate surface area is 143 Å². The number of carbonyl (C=O) groups is 1. The maximum atomic E-state index is 12.5. The van der Waals surface area contributed by atoms with Crippen molar-refractivity contribution in [3.8, 4) is 0 Å². The Morgan fingerprint density at radius 2 is 1.96 bits per heavy atom. The van der Waals surface area contributed by atoms with Gasteiger partial charge in [0.1, 0.15) is 0 Å². The first-order valence-electron chi connectivity index (χ1n) is 8.77. The molecule has 0 bridgehead atoms. The van der Waals surface area contributed by atoms with Crippen LogP contribution >= 0.6 is 0 Å². The third-order valence-corrected chi connectivity index (χ3v) is 4.82. The van der Waals surface area contributed by atoms with Gasteiger partial charge in [-0.1, -0.05) is 30.3 Å². The molecule has 1 aliphatic heterocycles. The standard InChI is InChI=1S/C19H26N4O/c1-3-23-15(2)18(13-20-23)19(24)21-17-9-11-22(12-10-17)14-16-7-5-4-6-8-16/h4-8,13,17H,3,9-12,14H2,1-2H3,(H,21,24). The van der Waals surface area contributed by atoms with Crippen LogP contribution in [0.5, 0.6) is 0 Å². The number of nitrogens with one attached hydrogen (secondary N) is 1. The maximum absolute atomic E-state index is 12.5. The summed E-state index contributed by atoms with van der Waals surface area (Å²) in [4.78, 5) is 14.9. The minimum absolute atomic E-state index is 0.00806. The van der Waals surface area contributed by atoms with Crippen LogP contribution in [0.15, 0.2) is 36.5 Å². The zero-order chi connectivity index (χ0) is 16.9. The molecule has 1 aromatic carbocycles. The van der Waals surface area contributed by atoms with Crippen molar-refractivity contribution in [3.05, 3.63) is 53.3 Å². The predicted octanol–water partition coefficient (Wildman–Crippen LogP) is 2.61. The Morgan fingerprint density at radius 1 is 1.25 bits per heavy atom. The van der Waals surface area contributed by atoms with Crippen LogP contribution < -0.4 is 5.32 Å². The fourth-order valence-electron chi connectivity index (χ4n) is 3.33. The molecule has 2 aromatic rings. The molecule has 1 N–H and O–H groups in total. The van der Waals surface area contributed by atoms with Crippen molar-refractivity contribution in [2.75, 3.05) is 13.1 Å². The lowest BCUT2D eigenvalue weighted by atomic mass is 10.0. The first-order chi connectivity index (χ1) is 11.7. The van der Waals surface area contributed by atoms with Gasteiger partial charge in [0.25, 0.3) is 5.91 Å². The molecule has 1 amide bonds. The number of hydrogen-bond donors (Lipinski definition) is 1. The van der Waals surface area contributed by atoms with Crippen molar-refractivity contribution in [3.63, 3.8) is 0 Å². The highest BCUT2D eigenvalue weighted by molar-refractivity contribution is 5.95. The third kappa shape index (κ3) is 3.85. The highest BCUT2D eigenvalue weighted by atomic mass is 16.1. The van der Waals surface area contributed by atoms with E-state index in [1.165, 1.54) is 5.56 Å². The zero-order valence-electron chi connectivity index (χ0n) is 14.5. The number of aryl methyl sites for hydroxylation is 1. The van der Waals surface area contributed by atoms with Crippen LogP contribution in [0.2, 0.25) is 0 Å². The fraction of sp³-hybridized carbons (Fsp3) is 0.474. The Bertz CT molecular complexity index is 672. The van der Waals surface area contributed by atoms with E-state index in [1.807, 2.05) is 24.6 Å². The van der Waals surface area contributed by atoms with Crippen LogP contribution in [0, 0.1) is 6.92 Å². The molecular weight excluding hydrogens is 300 g/mol. The Balaban J connectivity index is 1.50. The van der Waals surface area contributed by atoms with Gasteiger partial charge in [-0.25, -0.2) is 0 Å². The molecule has 24 heavy (non-hydrogen) atoms. The lowest BCUT2D eigenvalue weighted by Gasteiger charge is -2.32.